The first-order valence-electron chi connectivity index (χ1n) is 5.64. The molecule has 0 fully saturated rings. The number of furan rings is 1. The van der Waals surface area contributed by atoms with Crippen molar-refractivity contribution in [1.82, 2.24) is 0 Å². The van der Waals surface area contributed by atoms with Crippen molar-refractivity contribution in [2.24, 2.45) is 0 Å². The van der Waals surface area contributed by atoms with E-state index in [1.165, 1.54) is 24.3 Å². The zero-order chi connectivity index (χ0) is 15.4. The fraction of sp³-hybridized carbons (Fsp3) is 0. The van der Waals surface area contributed by atoms with Crippen LogP contribution in [0.1, 0.15) is 5.76 Å². The quantitative estimate of drug-likeness (QED) is 0.531. The van der Waals surface area contributed by atoms with E-state index in [4.69, 9.17) is 16.0 Å². The van der Waals surface area contributed by atoms with Crippen LogP contribution < -0.4 is 5.32 Å². The van der Waals surface area contributed by atoms with Crippen molar-refractivity contribution in [2.45, 2.75) is 0 Å². The predicted molar refractivity (Wildman–Crippen MR) is 74.4 cm³/mol. The van der Waals surface area contributed by atoms with Gasteiger partial charge in [0.25, 0.3) is 0 Å². The topological polar surface area (TPSA) is 85.4 Å². The van der Waals surface area contributed by atoms with Crippen LogP contribution in [-0.4, -0.2) is 10.8 Å². The Balaban J connectivity index is 2.03. The number of carbonyl (C=O) groups is 1. The van der Waals surface area contributed by atoms with Crippen LogP contribution in [0.4, 0.5) is 16.0 Å². The van der Waals surface area contributed by atoms with Gasteiger partial charge in [0.2, 0.25) is 5.91 Å². The Morgan fingerprint density at radius 2 is 2.14 bits per heavy atom. The molecule has 1 N–H and O–H groups in total. The summed E-state index contributed by atoms with van der Waals surface area (Å²) in [4.78, 5) is 21.4. The maximum atomic E-state index is 12.8. The number of halogens is 2. The number of benzene rings is 1. The van der Waals surface area contributed by atoms with Crippen LogP contribution >= 0.6 is 11.6 Å². The van der Waals surface area contributed by atoms with E-state index in [1.807, 2.05) is 0 Å². The van der Waals surface area contributed by atoms with Gasteiger partial charge in [-0.25, -0.2) is 4.39 Å². The predicted octanol–water partition coefficient (Wildman–Crippen LogP) is 3.63. The van der Waals surface area contributed by atoms with Crippen LogP contribution in [0.5, 0.6) is 0 Å². The lowest BCUT2D eigenvalue weighted by Gasteiger charge is -2.04. The van der Waals surface area contributed by atoms with E-state index < -0.39 is 22.5 Å². The molecule has 0 saturated heterocycles. The lowest BCUT2D eigenvalue weighted by molar-refractivity contribution is -0.402. The Hall–Kier alpha value is -2.67. The van der Waals surface area contributed by atoms with Gasteiger partial charge in [-0.15, -0.1) is 0 Å². The number of carbonyl (C=O) groups excluding carboxylic acids is 1. The molecule has 0 aliphatic rings. The molecule has 6 nitrogen and oxygen atoms in total. The number of nitrogens with one attached hydrogen (secondary N) is 1. The van der Waals surface area contributed by atoms with E-state index in [0.29, 0.717) is 0 Å². The van der Waals surface area contributed by atoms with Gasteiger partial charge in [-0.2, -0.15) is 0 Å². The summed E-state index contributed by atoms with van der Waals surface area (Å²) in [5.74, 6) is -1.32. The lowest BCUT2D eigenvalue weighted by atomic mass is 10.3. The Kier molecular flexibility index (Phi) is 4.34. The molecule has 8 heteroatoms. The van der Waals surface area contributed by atoms with Gasteiger partial charge in [0.05, 0.1) is 16.8 Å². The molecule has 0 saturated carbocycles. The first kappa shape index (κ1) is 14.7. The fourth-order valence-corrected chi connectivity index (χ4v) is 1.67. The van der Waals surface area contributed by atoms with Crippen LogP contribution in [0, 0.1) is 15.9 Å². The lowest BCUT2D eigenvalue weighted by Crippen LogP contribution is -2.08. The number of nitro groups is 1. The number of hydrogen-bond acceptors (Lipinski definition) is 4. The minimum absolute atomic E-state index is 0.0605. The summed E-state index contributed by atoms with van der Waals surface area (Å²) < 4.78 is 17.7. The molecule has 1 amide bonds. The second kappa shape index (κ2) is 6.19. The number of amides is 1. The third-order valence-electron chi connectivity index (χ3n) is 2.38. The SMILES string of the molecule is O=C(/C=C/c1ccc([N+](=O)[O-])o1)Nc1ccc(F)cc1Cl. The molecular formula is C13H8ClFN2O4. The molecule has 1 aromatic carbocycles. The van der Waals surface area contributed by atoms with Crippen molar-refractivity contribution in [3.8, 4) is 0 Å². The summed E-state index contributed by atoms with van der Waals surface area (Å²) >= 11 is 5.76. The van der Waals surface area contributed by atoms with Crippen molar-refractivity contribution in [1.29, 1.82) is 0 Å². The zero-order valence-corrected chi connectivity index (χ0v) is 11.1. The Morgan fingerprint density at radius 3 is 2.76 bits per heavy atom. The minimum Gasteiger partial charge on any atom is -0.401 e. The highest BCUT2D eigenvalue weighted by atomic mass is 35.5. The average molecular weight is 311 g/mol. The maximum Gasteiger partial charge on any atom is 0.433 e. The van der Waals surface area contributed by atoms with Gasteiger partial charge in [0.1, 0.15) is 16.5 Å². The van der Waals surface area contributed by atoms with Crippen molar-refractivity contribution in [3.63, 3.8) is 0 Å². The van der Waals surface area contributed by atoms with Crippen LogP contribution in [0.2, 0.25) is 5.02 Å². The summed E-state index contributed by atoms with van der Waals surface area (Å²) in [5, 5.41) is 12.9. The molecule has 0 radical (unpaired) electrons. The monoisotopic (exact) mass is 310 g/mol. The summed E-state index contributed by atoms with van der Waals surface area (Å²) in [6.45, 7) is 0. The number of rotatable bonds is 4. The van der Waals surface area contributed by atoms with Crippen LogP contribution in [0.15, 0.2) is 40.8 Å². The van der Waals surface area contributed by atoms with E-state index >= 15 is 0 Å². The molecule has 2 aromatic rings. The summed E-state index contributed by atoms with van der Waals surface area (Å²) in [7, 11) is 0. The highest BCUT2D eigenvalue weighted by molar-refractivity contribution is 6.33. The van der Waals surface area contributed by atoms with Crippen molar-refractivity contribution in [2.75, 3.05) is 5.32 Å². The second-order valence-electron chi connectivity index (χ2n) is 3.88. The highest BCUT2D eigenvalue weighted by Gasteiger charge is 2.10. The van der Waals surface area contributed by atoms with Gasteiger partial charge in [-0.3, -0.25) is 14.9 Å². The molecule has 0 unspecified atom stereocenters. The molecule has 21 heavy (non-hydrogen) atoms. The van der Waals surface area contributed by atoms with Gasteiger partial charge in [-0.05, 0) is 30.3 Å². The van der Waals surface area contributed by atoms with E-state index in [9.17, 15) is 19.3 Å². The van der Waals surface area contributed by atoms with Gasteiger partial charge in [0.15, 0.2) is 0 Å². The Morgan fingerprint density at radius 1 is 1.38 bits per heavy atom. The van der Waals surface area contributed by atoms with E-state index in [0.717, 1.165) is 18.2 Å². The fourth-order valence-electron chi connectivity index (χ4n) is 1.45. The molecule has 2 rings (SSSR count). The Labute approximate surface area is 123 Å². The van der Waals surface area contributed by atoms with Gasteiger partial charge in [0, 0.05) is 6.08 Å². The second-order valence-corrected chi connectivity index (χ2v) is 4.29. The van der Waals surface area contributed by atoms with E-state index in [1.54, 1.807) is 0 Å². The molecule has 0 aliphatic heterocycles. The van der Waals surface area contributed by atoms with Crippen molar-refractivity contribution in [3.05, 3.63) is 63.1 Å². The number of hydrogen-bond donors (Lipinski definition) is 1. The smallest absolute Gasteiger partial charge is 0.401 e. The molecule has 0 bridgehead atoms. The van der Waals surface area contributed by atoms with Gasteiger partial charge in [-0.1, -0.05) is 11.6 Å². The van der Waals surface area contributed by atoms with E-state index in [2.05, 4.69) is 5.32 Å². The van der Waals surface area contributed by atoms with Crippen LogP contribution in [0.25, 0.3) is 6.08 Å². The summed E-state index contributed by atoms with van der Waals surface area (Å²) in [6.07, 6.45) is 2.38. The first-order chi connectivity index (χ1) is 9.95. The van der Waals surface area contributed by atoms with Gasteiger partial charge < -0.3 is 9.73 Å². The summed E-state index contributed by atoms with van der Waals surface area (Å²) in [6, 6.07) is 6.07. The first-order valence-corrected chi connectivity index (χ1v) is 6.02. The zero-order valence-electron chi connectivity index (χ0n) is 10.4. The van der Waals surface area contributed by atoms with Crippen molar-refractivity contribution >= 4 is 35.2 Å². The van der Waals surface area contributed by atoms with Crippen molar-refractivity contribution < 1.29 is 18.5 Å². The third kappa shape index (κ3) is 3.90. The molecule has 0 aliphatic carbocycles. The number of anilines is 1. The minimum atomic E-state index is -0.685. The molecule has 0 atom stereocenters. The maximum absolute atomic E-state index is 12.8. The molecular weight excluding hydrogens is 303 g/mol. The van der Waals surface area contributed by atoms with Crippen LogP contribution in [0.3, 0.4) is 0 Å². The average Bonchev–Trinajstić information content (AvgIpc) is 2.89. The number of nitrogens with zero attached hydrogens (tertiary/aromatic N) is 1. The molecule has 108 valence electrons. The van der Waals surface area contributed by atoms with Gasteiger partial charge >= 0.3 is 5.88 Å². The Bertz CT molecular complexity index is 727. The largest absolute Gasteiger partial charge is 0.433 e. The normalized spacial score (nSPS) is 10.8. The summed E-state index contributed by atoms with van der Waals surface area (Å²) in [5.41, 5.74) is 0.248. The molecule has 1 aromatic heterocycles. The molecule has 1 heterocycles. The third-order valence-corrected chi connectivity index (χ3v) is 2.69. The van der Waals surface area contributed by atoms with E-state index in [-0.39, 0.29) is 16.5 Å². The standard InChI is InChI=1S/C13H8ClFN2O4/c14-10-7-8(15)1-4-11(10)16-12(18)5-2-9-3-6-13(21-9)17(19)20/h1-7H,(H,16,18)/b5-2+. The van der Waals surface area contributed by atoms with Crippen LogP contribution in [-0.2, 0) is 4.79 Å². The highest BCUT2D eigenvalue weighted by Crippen LogP contribution is 2.22. The molecule has 0 spiro atoms.